The standard InChI is InChI=1S/C19H35N3O4/c1-6-14(7-2)18(24)22-10-8-15(9-11-22)20-17(23)16(12-13(3)4)21-19(25)26-5/h13-16H,6-12H2,1-5H3,(H,20,23)(H,21,25). The molecule has 1 aliphatic rings. The first-order valence-corrected chi connectivity index (χ1v) is 9.75. The van der Waals surface area contributed by atoms with Gasteiger partial charge in [-0.25, -0.2) is 4.79 Å². The van der Waals surface area contributed by atoms with Crippen molar-refractivity contribution in [2.45, 2.75) is 71.9 Å². The van der Waals surface area contributed by atoms with E-state index in [-0.39, 0.29) is 29.7 Å². The molecule has 7 heteroatoms. The van der Waals surface area contributed by atoms with Crippen molar-refractivity contribution in [1.29, 1.82) is 0 Å². The summed E-state index contributed by atoms with van der Waals surface area (Å²) in [6.45, 7) is 9.42. The number of alkyl carbamates (subject to hydrolysis) is 1. The first-order valence-electron chi connectivity index (χ1n) is 9.75. The zero-order valence-electron chi connectivity index (χ0n) is 16.8. The summed E-state index contributed by atoms with van der Waals surface area (Å²) in [5.41, 5.74) is 0. The normalized spacial score (nSPS) is 16.5. The monoisotopic (exact) mass is 369 g/mol. The van der Waals surface area contributed by atoms with Crippen LogP contribution in [0.2, 0.25) is 0 Å². The van der Waals surface area contributed by atoms with Gasteiger partial charge in [-0.3, -0.25) is 9.59 Å². The molecule has 1 rings (SSSR count). The average Bonchev–Trinajstić information content (AvgIpc) is 2.62. The molecular formula is C19H35N3O4. The number of piperidine rings is 1. The molecule has 7 nitrogen and oxygen atoms in total. The van der Waals surface area contributed by atoms with Crippen molar-refractivity contribution in [1.82, 2.24) is 15.5 Å². The van der Waals surface area contributed by atoms with Crippen LogP contribution in [-0.4, -0.2) is 55.1 Å². The van der Waals surface area contributed by atoms with Gasteiger partial charge in [0.2, 0.25) is 11.8 Å². The van der Waals surface area contributed by atoms with Crippen LogP contribution in [0, 0.1) is 11.8 Å². The lowest BCUT2D eigenvalue weighted by atomic mass is 9.98. The molecule has 0 aromatic rings. The van der Waals surface area contributed by atoms with Crippen LogP contribution in [0.15, 0.2) is 0 Å². The molecule has 2 N–H and O–H groups in total. The van der Waals surface area contributed by atoms with Gasteiger partial charge in [-0.2, -0.15) is 0 Å². The molecule has 0 aliphatic carbocycles. The maximum atomic E-state index is 12.6. The maximum absolute atomic E-state index is 12.6. The molecule has 0 saturated carbocycles. The molecule has 1 heterocycles. The SMILES string of the molecule is CCC(CC)C(=O)N1CCC(NC(=O)C(CC(C)C)NC(=O)OC)CC1. The highest BCUT2D eigenvalue weighted by Crippen LogP contribution is 2.17. The van der Waals surface area contributed by atoms with Crippen molar-refractivity contribution in [2.75, 3.05) is 20.2 Å². The topological polar surface area (TPSA) is 87.7 Å². The number of ether oxygens (including phenoxy) is 1. The van der Waals surface area contributed by atoms with E-state index in [1.54, 1.807) is 0 Å². The van der Waals surface area contributed by atoms with Crippen LogP contribution in [0.4, 0.5) is 4.79 Å². The summed E-state index contributed by atoms with van der Waals surface area (Å²) in [6.07, 6.45) is 3.15. The first kappa shape index (κ1) is 22.3. The number of carbonyl (C=O) groups excluding carboxylic acids is 3. The fourth-order valence-corrected chi connectivity index (χ4v) is 3.35. The Morgan fingerprint density at radius 2 is 1.69 bits per heavy atom. The summed E-state index contributed by atoms with van der Waals surface area (Å²) in [7, 11) is 1.28. The second-order valence-electron chi connectivity index (χ2n) is 7.44. The zero-order valence-corrected chi connectivity index (χ0v) is 16.8. The van der Waals surface area contributed by atoms with Gasteiger partial charge < -0.3 is 20.3 Å². The number of likely N-dealkylation sites (tertiary alicyclic amines) is 1. The quantitative estimate of drug-likeness (QED) is 0.687. The molecule has 0 radical (unpaired) electrons. The predicted molar refractivity (Wildman–Crippen MR) is 101 cm³/mol. The van der Waals surface area contributed by atoms with Crippen LogP contribution in [0.1, 0.15) is 59.8 Å². The highest BCUT2D eigenvalue weighted by atomic mass is 16.5. The summed E-state index contributed by atoms with van der Waals surface area (Å²) in [6, 6.07) is -0.575. The molecule has 0 aromatic carbocycles. The minimum atomic E-state index is -0.605. The van der Waals surface area contributed by atoms with E-state index >= 15 is 0 Å². The molecule has 26 heavy (non-hydrogen) atoms. The van der Waals surface area contributed by atoms with Gasteiger partial charge in [-0.15, -0.1) is 0 Å². The fraction of sp³-hybridized carbons (Fsp3) is 0.842. The van der Waals surface area contributed by atoms with E-state index in [0.29, 0.717) is 19.5 Å². The third-order valence-corrected chi connectivity index (χ3v) is 4.99. The Hall–Kier alpha value is -1.79. The number of amides is 3. The Kier molecular flexibility index (Phi) is 9.44. The second kappa shape index (κ2) is 11.0. The molecule has 1 unspecified atom stereocenters. The lowest BCUT2D eigenvalue weighted by Crippen LogP contribution is -2.53. The predicted octanol–water partition coefficient (Wildman–Crippen LogP) is 2.30. The molecular weight excluding hydrogens is 334 g/mol. The third-order valence-electron chi connectivity index (χ3n) is 4.99. The van der Waals surface area contributed by atoms with E-state index in [1.165, 1.54) is 7.11 Å². The maximum Gasteiger partial charge on any atom is 0.407 e. The van der Waals surface area contributed by atoms with E-state index in [4.69, 9.17) is 0 Å². The first-order chi connectivity index (χ1) is 12.3. The van der Waals surface area contributed by atoms with Crippen LogP contribution < -0.4 is 10.6 Å². The van der Waals surface area contributed by atoms with Crippen molar-refractivity contribution < 1.29 is 19.1 Å². The van der Waals surface area contributed by atoms with Gasteiger partial charge in [-0.1, -0.05) is 27.7 Å². The summed E-state index contributed by atoms with van der Waals surface area (Å²) in [5, 5.41) is 5.63. The van der Waals surface area contributed by atoms with Crippen LogP contribution in [0.3, 0.4) is 0 Å². The van der Waals surface area contributed by atoms with Crippen molar-refractivity contribution in [3.05, 3.63) is 0 Å². The molecule has 1 atom stereocenters. The van der Waals surface area contributed by atoms with E-state index < -0.39 is 12.1 Å². The molecule has 0 spiro atoms. The van der Waals surface area contributed by atoms with Gasteiger partial charge in [0.05, 0.1) is 7.11 Å². The van der Waals surface area contributed by atoms with Crippen LogP contribution in [-0.2, 0) is 14.3 Å². The molecule has 3 amide bonds. The third kappa shape index (κ3) is 6.84. The highest BCUT2D eigenvalue weighted by molar-refractivity contribution is 5.85. The smallest absolute Gasteiger partial charge is 0.407 e. The van der Waals surface area contributed by atoms with Gasteiger partial charge in [-0.05, 0) is 38.0 Å². The van der Waals surface area contributed by atoms with Gasteiger partial charge in [0.1, 0.15) is 6.04 Å². The number of nitrogens with zero attached hydrogens (tertiary/aromatic N) is 1. The van der Waals surface area contributed by atoms with E-state index in [9.17, 15) is 14.4 Å². The summed E-state index contributed by atoms with van der Waals surface area (Å²) in [5.74, 6) is 0.405. The number of hydrogen-bond acceptors (Lipinski definition) is 4. The molecule has 1 fully saturated rings. The number of methoxy groups -OCH3 is 1. The largest absolute Gasteiger partial charge is 0.453 e. The van der Waals surface area contributed by atoms with Gasteiger partial charge in [0.15, 0.2) is 0 Å². The average molecular weight is 370 g/mol. The van der Waals surface area contributed by atoms with Crippen LogP contribution >= 0.6 is 0 Å². The Balaban J connectivity index is 2.54. The minimum absolute atomic E-state index is 0.0300. The number of nitrogens with one attached hydrogen (secondary N) is 2. The summed E-state index contributed by atoms with van der Waals surface area (Å²) >= 11 is 0. The second-order valence-corrected chi connectivity index (χ2v) is 7.44. The Labute approximate surface area is 157 Å². The molecule has 150 valence electrons. The molecule has 1 saturated heterocycles. The molecule has 0 bridgehead atoms. The number of hydrogen-bond donors (Lipinski definition) is 2. The van der Waals surface area contributed by atoms with Gasteiger partial charge in [0.25, 0.3) is 0 Å². The summed E-state index contributed by atoms with van der Waals surface area (Å²) < 4.78 is 4.61. The lowest BCUT2D eigenvalue weighted by molar-refractivity contribution is -0.137. The van der Waals surface area contributed by atoms with E-state index in [2.05, 4.69) is 15.4 Å². The van der Waals surface area contributed by atoms with E-state index in [1.807, 2.05) is 32.6 Å². The van der Waals surface area contributed by atoms with Crippen molar-refractivity contribution in [3.63, 3.8) is 0 Å². The summed E-state index contributed by atoms with van der Waals surface area (Å²) in [4.78, 5) is 38.4. The number of rotatable bonds is 8. The highest BCUT2D eigenvalue weighted by Gasteiger charge is 2.29. The minimum Gasteiger partial charge on any atom is -0.453 e. The van der Waals surface area contributed by atoms with Crippen molar-refractivity contribution in [2.24, 2.45) is 11.8 Å². The van der Waals surface area contributed by atoms with Crippen molar-refractivity contribution in [3.8, 4) is 0 Å². The Bertz CT molecular complexity index is 469. The zero-order chi connectivity index (χ0) is 19.7. The number of carbonyl (C=O) groups is 3. The van der Waals surface area contributed by atoms with Gasteiger partial charge >= 0.3 is 6.09 Å². The molecule has 1 aliphatic heterocycles. The Morgan fingerprint density at radius 1 is 1.12 bits per heavy atom. The Morgan fingerprint density at radius 3 is 2.15 bits per heavy atom. The lowest BCUT2D eigenvalue weighted by Gasteiger charge is -2.35. The van der Waals surface area contributed by atoms with E-state index in [0.717, 1.165) is 25.7 Å². The van der Waals surface area contributed by atoms with Crippen molar-refractivity contribution >= 4 is 17.9 Å². The fourth-order valence-electron chi connectivity index (χ4n) is 3.35. The van der Waals surface area contributed by atoms with Crippen LogP contribution in [0.5, 0.6) is 0 Å². The molecule has 0 aromatic heterocycles. The van der Waals surface area contributed by atoms with Crippen LogP contribution in [0.25, 0.3) is 0 Å². The van der Waals surface area contributed by atoms with Gasteiger partial charge in [0, 0.05) is 25.0 Å².